The van der Waals surface area contributed by atoms with Crippen molar-refractivity contribution in [2.24, 2.45) is 11.8 Å². The summed E-state index contributed by atoms with van der Waals surface area (Å²) in [5.41, 5.74) is 0.430. The lowest BCUT2D eigenvalue weighted by molar-refractivity contribution is -0.156. The zero-order chi connectivity index (χ0) is 24.0. The molecule has 0 aromatic heterocycles. The second-order valence-corrected chi connectivity index (χ2v) is 9.54. The molecule has 3 rings (SSSR count). The average molecular weight is 463 g/mol. The Labute approximate surface area is 196 Å². The summed E-state index contributed by atoms with van der Waals surface area (Å²) in [6.07, 6.45) is -0.448. The van der Waals surface area contributed by atoms with Gasteiger partial charge in [0, 0.05) is 32.2 Å². The number of esters is 1. The molecule has 1 saturated heterocycles. The van der Waals surface area contributed by atoms with E-state index in [1.54, 1.807) is 6.92 Å². The van der Waals surface area contributed by atoms with Crippen LogP contribution in [0.1, 0.15) is 40.2 Å². The number of hydrogen-bond acceptors (Lipinski definition) is 7. The molecule has 0 radical (unpaired) electrons. The third kappa shape index (κ3) is 7.08. The van der Waals surface area contributed by atoms with E-state index in [9.17, 15) is 9.59 Å². The van der Waals surface area contributed by atoms with Gasteiger partial charge in [0.15, 0.2) is 6.10 Å². The summed E-state index contributed by atoms with van der Waals surface area (Å²) < 4.78 is 22.2. The largest absolute Gasteiger partial charge is 0.492 e. The SMILES string of the molecule is CCOC(=O)[C@H](Cc1ccc(OCCN(C(=O)OC(C)(C)C)C2C3CNC[C@H]32)cc1)OCC. The van der Waals surface area contributed by atoms with Gasteiger partial charge >= 0.3 is 12.1 Å². The minimum absolute atomic E-state index is 0.227. The molecule has 33 heavy (non-hydrogen) atoms. The van der Waals surface area contributed by atoms with E-state index in [1.807, 2.05) is 56.9 Å². The van der Waals surface area contributed by atoms with Gasteiger partial charge in [-0.3, -0.25) is 0 Å². The molecule has 0 bridgehead atoms. The molecular weight excluding hydrogens is 424 g/mol. The molecule has 2 unspecified atom stereocenters. The van der Waals surface area contributed by atoms with Gasteiger partial charge in [0.2, 0.25) is 0 Å². The molecule has 8 heteroatoms. The number of nitrogens with zero attached hydrogens (tertiary/aromatic N) is 1. The van der Waals surface area contributed by atoms with Gasteiger partial charge in [-0.1, -0.05) is 12.1 Å². The Morgan fingerprint density at radius 3 is 2.33 bits per heavy atom. The molecule has 2 fully saturated rings. The third-order valence-corrected chi connectivity index (χ3v) is 5.90. The average Bonchev–Trinajstić information content (AvgIpc) is 3.19. The zero-order valence-corrected chi connectivity index (χ0v) is 20.5. The van der Waals surface area contributed by atoms with Crippen molar-refractivity contribution >= 4 is 12.1 Å². The summed E-state index contributed by atoms with van der Waals surface area (Å²) in [7, 11) is 0. The summed E-state index contributed by atoms with van der Waals surface area (Å²) in [6, 6.07) is 7.81. The van der Waals surface area contributed by atoms with Crippen LogP contribution in [0.3, 0.4) is 0 Å². The highest BCUT2D eigenvalue weighted by Crippen LogP contribution is 2.46. The number of carbonyl (C=O) groups excluding carboxylic acids is 2. The molecule has 1 heterocycles. The zero-order valence-electron chi connectivity index (χ0n) is 20.5. The number of fused-ring (bicyclic) bond motifs is 1. The van der Waals surface area contributed by atoms with Crippen molar-refractivity contribution in [2.45, 2.75) is 58.8 Å². The van der Waals surface area contributed by atoms with Crippen LogP contribution in [0, 0.1) is 11.8 Å². The topological polar surface area (TPSA) is 86.3 Å². The Morgan fingerprint density at radius 2 is 1.76 bits per heavy atom. The quantitative estimate of drug-likeness (QED) is 0.506. The van der Waals surface area contributed by atoms with E-state index in [4.69, 9.17) is 18.9 Å². The highest BCUT2D eigenvalue weighted by molar-refractivity contribution is 5.75. The van der Waals surface area contributed by atoms with Crippen LogP contribution in [0.25, 0.3) is 0 Å². The maximum absolute atomic E-state index is 12.8. The Bertz CT molecular complexity index is 781. The normalized spacial score (nSPS) is 22.3. The maximum Gasteiger partial charge on any atom is 0.410 e. The van der Waals surface area contributed by atoms with Crippen LogP contribution in [-0.2, 0) is 25.4 Å². The minimum Gasteiger partial charge on any atom is -0.492 e. The number of rotatable bonds is 11. The van der Waals surface area contributed by atoms with Crippen LogP contribution in [0.2, 0.25) is 0 Å². The molecule has 1 aromatic carbocycles. The van der Waals surface area contributed by atoms with E-state index < -0.39 is 11.7 Å². The van der Waals surface area contributed by atoms with Gasteiger partial charge in [-0.25, -0.2) is 9.59 Å². The van der Waals surface area contributed by atoms with E-state index in [-0.39, 0.29) is 18.1 Å². The maximum atomic E-state index is 12.8. The fourth-order valence-corrected chi connectivity index (χ4v) is 4.37. The molecule has 1 aliphatic heterocycles. The molecule has 8 nitrogen and oxygen atoms in total. The van der Waals surface area contributed by atoms with E-state index >= 15 is 0 Å². The number of carbonyl (C=O) groups is 2. The fraction of sp³-hybridized carbons (Fsp3) is 0.680. The molecule has 1 aliphatic carbocycles. The highest BCUT2D eigenvalue weighted by Gasteiger charge is 2.57. The first-order valence-corrected chi connectivity index (χ1v) is 11.9. The van der Waals surface area contributed by atoms with E-state index in [2.05, 4.69) is 5.32 Å². The monoisotopic (exact) mass is 462 g/mol. The molecule has 184 valence electrons. The lowest BCUT2D eigenvalue weighted by atomic mass is 10.1. The van der Waals surface area contributed by atoms with Crippen molar-refractivity contribution < 1.29 is 28.5 Å². The molecule has 0 spiro atoms. The van der Waals surface area contributed by atoms with Crippen LogP contribution in [0.4, 0.5) is 4.79 Å². The number of nitrogens with one attached hydrogen (secondary N) is 1. The first-order chi connectivity index (χ1) is 15.7. The van der Waals surface area contributed by atoms with Crippen molar-refractivity contribution in [3.8, 4) is 5.75 Å². The van der Waals surface area contributed by atoms with Gasteiger partial charge in [0.05, 0.1) is 13.2 Å². The summed E-state index contributed by atoms with van der Waals surface area (Å²) in [5, 5.41) is 3.37. The van der Waals surface area contributed by atoms with E-state index in [0.29, 0.717) is 50.4 Å². The van der Waals surface area contributed by atoms with Crippen LogP contribution in [0.5, 0.6) is 5.75 Å². The summed E-state index contributed by atoms with van der Waals surface area (Å²) in [5.74, 6) is 1.38. The van der Waals surface area contributed by atoms with Gasteiger partial charge in [-0.15, -0.1) is 0 Å². The van der Waals surface area contributed by atoms with Gasteiger partial charge in [0.25, 0.3) is 0 Å². The highest BCUT2D eigenvalue weighted by atomic mass is 16.6. The smallest absolute Gasteiger partial charge is 0.410 e. The van der Waals surface area contributed by atoms with Gasteiger partial charge < -0.3 is 29.2 Å². The summed E-state index contributed by atoms with van der Waals surface area (Å²) in [4.78, 5) is 26.7. The third-order valence-electron chi connectivity index (χ3n) is 5.90. The molecule has 1 saturated carbocycles. The minimum atomic E-state index is -0.614. The fourth-order valence-electron chi connectivity index (χ4n) is 4.37. The number of amides is 1. The second-order valence-electron chi connectivity index (χ2n) is 9.54. The van der Waals surface area contributed by atoms with Gasteiger partial charge in [-0.05, 0) is 64.2 Å². The van der Waals surface area contributed by atoms with Crippen molar-refractivity contribution in [1.82, 2.24) is 10.2 Å². The van der Waals surface area contributed by atoms with Gasteiger partial charge in [-0.2, -0.15) is 0 Å². The Hall–Kier alpha value is -2.32. The van der Waals surface area contributed by atoms with E-state index in [1.165, 1.54) is 0 Å². The van der Waals surface area contributed by atoms with Crippen LogP contribution in [-0.4, -0.2) is 74.2 Å². The first kappa shape index (κ1) is 25.3. The molecule has 2 aliphatic rings. The standard InChI is InChI=1S/C25H38N2O6/c1-6-30-21(23(28)31-7-2)14-17-8-10-18(11-9-17)32-13-12-27(24(29)33-25(3,4)5)22-19-15-26-16-20(19)22/h8-11,19-22,26H,6-7,12-16H2,1-5H3/t19-,20?,21+,22?/m1/s1. The molecule has 1 amide bonds. The Morgan fingerprint density at radius 1 is 1.09 bits per heavy atom. The van der Waals surface area contributed by atoms with Crippen LogP contribution in [0.15, 0.2) is 24.3 Å². The lowest BCUT2D eigenvalue weighted by Gasteiger charge is -2.28. The Kier molecular flexibility index (Phi) is 8.59. The number of hydrogen-bond donors (Lipinski definition) is 1. The number of ether oxygens (including phenoxy) is 4. The Balaban J connectivity index is 1.52. The number of piperidine rings is 1. The van der Waals surface area contributed by atoms with Crippen LogP contribution < -0.4 is 10.1 Å². The van der Waals surface area contributed by atoms with Crippen molar-refractivity contribution in [3.63, 3.8) is 0 Å². The van der Waals surface area contributed by atoms with E-state index in [0.717, 1.165) is 18.7 Å². The molecule has 1 N–H and O–H groups in total. The first-order valence-electron chi connectivity index (χ1n) is 11.9. The van der Waals surface area contributed by atoms with Crippen LogP contribution >= 0.6 is 0 Å². The van der Waals surface area contributed by atoms with Gasteiger partial charge in [0.1, 0.15) is 18.0 Å². The second kappa shape index (κ2) is 11.2. The number of benzene rings is 1. The van der Waals surface area contributed by atoms with Crippen molar-refractivity contribution in [3.05, 3.63) is 29.8 Å². The summed E-state index contributed by atoms with van der Waals surface area (Å²) in [6.45, 7) is 12.8. The molecule has 4 atom stereocenters. The molecular formula is C25H38N2O6. The van der Waals surface area contributed by atoms with Crippen molar-refractivity contribution in [2.75, 3.05) is 39.5 Å². The predicted molar refractivity (Wildman–Crippen MR) is 124 cm³/mol. The predicted octanol–water partition coefficient (Wildman–Crippen LogP) is 3.03. The molecule has 1 aromatic rings. The lowest BCUT2D eigenvalue weighted by Crippen LogP contribution is -2.43. The summed E-state index contributed by atoms with van der Waals surface area (Å²) >= 11 is 0. The van der Waals surface area contributed by atoms with Crippen molar-refractivity contribution in [1.29, 1.82) is 0 Å².